The Bertz CT molecular complexity index is 909. The minimum Gasteiger partial charge on any atom is -0.484 e. The van der Waals surface area contributed by atoms with Gasteiger partial charge < -0.3 is 25.4 Å². The number of hydrogen-bond acceptors (Lipinski definition) is 4. The van der Waals surface area contributed by atoms with E-state index in [4.69, 9.17) is 4.74 Å². The van der Waals surface area contributed by atoms with Crippen LogP contribution >= 0.6 is 24.0 Å². The maximum atomic E-state index is 12.5. The predicted octanol–water partition coefficient (Wildman–Crippen LogP) is 3.47. The molecule has 1 saturated carbocycles. The molecule has 0 bridgehead atoms. The number of aliphatic imine (C=N–C) groups is 1. The van der Waals surface area contributed by atoms with Crippen LogP contribution < -0.4 is 25.4 Å². The van der Waals surface area contributed by atoms with Crippen LogP contribution in [0, 0.1) is 0 Å². The lowest BCUT2D eigenvalue weighted by Crippen LogP contribution is -2.37. The van der Waals surface area contributed by atoms with Gasteiger partial charge >= 0.3 is 6.61 Å². The van der Waals surface area contributed by atoms with E-state index in [0.29, 0.717) is 36.4 Å². The van der Waals surface area contributed by atoms with Gasteiger partial charge in [0.15, 0.2) is 12.6 Å². The number of hydrogen-bond donors (Lipinski definition) is 3. The number of rotatable bonds is 11. The van der Waals surface area contributed by atoms with Gasteiger partial charge in [-0.05, 0) is 43.0 Å². The van der Waals surface area contributed by atoms with Gasteiger partial charge in [-0.15, -0.1) is 24.0 Å². The quantitative estimate of drug-likeness (QED) is 0.218. The van der Waals surface area contributed by atoms with Gasteiger partial charge in [0.25, 0.3) is 5.91 Å². The molecule has 1 aliphatic rings. The van der Waals surface area contributed by atoms with Crippen LogP contribution in [0.25, 0.3) is 0 Å². The summed E-state index contributed by atoms with van der Waals surface area (Å²) in [5, 5.41) is 9.17. The summed E-state index contributed by atoms with van der Waals surface area (Å²) in [6.07, 6.45) is 2.85. The first-order valence-corrected chi connectivity index (χ1v) is 10.5. The highest BCUT2D eigenvalue weighted by Crippen LogP contribution is 2.20. The van der Waals surface area contributed by atoms with Gasteiger partial charge in [-0.25, -0.2) is 0 Å². The average Bonchev–Trinajstić information content (AvgIpc) is 3.60. The normalized spacial score (nSPS) is 13.2. The Morgan fingerprint density at radius 1 is 1.12 bits per heavy atom. The van der Waals surface area contributed by atoms with Crippen molar-refractivity contribution in [3.63, 3.8) is 0 Å². The summed E-state index contributed by atoms with van der Waals surface area (Å²) in [5.74, 6) is 1.24. The largest absolute Gasteiger partial charge is 0.484 e. The molecule has 3 rings (SSSR count). The van der Waals surface area contributed by atoms with Crippen LogP contribution in [0.1, 0.15) is 24.0 Å². The van der Waals surface area contributed by atoms with E-state index in [9.17, 15) is 13.6 Å². The van der Waals surface area contributed by atoms with E-state index in [1.165, 1.54) is 6.07 Å². The maximum Gasteiger partial charge on any atom is 0.387 e. The van der Waals surface area contributed by atoms with Crippen molar-refractivity contribution < 1.29 is 23.0 Å². The average molecular weight is 574 g/mol. The lowest BCUT2D eigenvalue weighted by atomic mass is 10.1. The van der Waals surface area contributed by atoms with Crippen LogP contribution in [0.2, 0.25) is 0 Å². The first-order valence-electron chi connectivity index (χ1n) is 10.5. The molecule has 33 heavy (non-hydrogen) atoms. The van der Waals surface area contributed by atoms with E-state index in [1.54, 1.807) is 25.2 Å². The molecule has 1 aliphatic carbocycles. The Labute approximate surface area is 209 Å². The fourth-order valence-corrected chi connectivity index (χ4v) is 2.98. The zero-order valence-corrected chi connectivity index (χ0v) is 20.7. The molecule has 2 aromatic rings. The van der Waals surface area contributed by atoms with Gasteiger partial charge in [-0.2, -0.15) is 8.78 Å². The molecular formula is C23H29F2IN4O3. The standard InChI is InChI=1S/C23H28F2N4O3.HI/c1-26-23(28-14-17-4-2-3-5-20(17)32-22(24)25)27-13-12-16-6-10-19(11-7-16)31-15-21(30)29-18-8-9-18;/h2-7,10-11,18,22H,8-9,12-15H2,1H3,(H,29,30)(H2,26,27,28);1H. The number of benzene rings is 2. The summed E-state index contributed by atoms with van der Waals surface area (Å²) >= 11 is 0. The Balaban J connectivity index is 0.00000385. The van der Waals surface area contributed by atoms with E-state index in [0.717, 1.165) is 24.8 Å². The van der Waals surface area contributed by atoms with E-state index >= 15 is 0 Å². The van der Waals surface area contributed by atoms with Crippen molar-refractivity contribution in [3.05, 3.63) is 59.7 Å². The Morgan fingerprint density at radius 3 is 2.52 bits per heavy atom. The highest BCUT2D eigenvalue weighted by molar-refractivity contribution is 14.0. The van der Waals surface area contributed by atoms with Gasteiger partial charge in [0, 0.05) is 31.7 Å². The van der Waals surface area contributed by atoms with Crippen molar-refractivity contribution in [1.29, 1.82) is 0 Å². The summed E-state index contributed by atoms with van der Waals surface area (Å²) in [6, 6.07) is 14.5. The molecule has 0 unspecified atom stereocenters. The van der Waals surface area contributed by atoms with Crippen molar-refractivity contribution in [1.82, 2.24) is 16.0 Å². The van der Waals surface area contributed by atoms with Crippen molar-refractivity contribution in [2.24, 2.45) is 4.99 Å². The molecule has 1 fully saturated rings. The molecule has 0 heterocycles. The fraction of sp³-hybridized carbons (Fsp3) is 0.391. The summed E-state index contributed by atoms with van der Waals surface area (Å²) in [4.78, 5) is 15.8. The minimum absolute atomic E-state index is 0. The molecule has 0 radical (unpaired) electrons. The van der Waals surface area contributed by atoms with Crippen LogP contribution in [0.5, 0.6) is 11.5 Å². The number of para-hydroxylation sites is 1. The molecule has 0 saturated heterocycles. The second-order valence-electron chi connectivity index (χ2n) is 7.36. The molecule has 0 aromatic heterocycles. The maximum absolute atomic E-state index is 12.5. The highest BCUT2D eigenvalue weighted by Gasteiger charge is 2.23. The van der Waals surface area contributed by atoms with Crippen LogP contribution in [-0.4, -0.2) is 44.7 Å². The number of amides is 1. The van der Waals surface area contributed by atoms with Crippen LogP contribution in [-0.2, 0) is 17.8 Å². The number of alkyl halides is 2. The second kappa shape index (κ2) is 13.8. The lowest BCUT2D eigenvalue weighted by molar-refractivity contribution is -0.123. The number of halogens is 3. The number of nitrogens with one attached hydrogen (secondary N) is 3. The third-order valence-electron chi connectivity index (χ3n) is 4.80. The monoisotopic (exact) mass is 574 g/mol. The van der Waals surface area contributed by atoms with Gasteiger partial charge in [-0.3, -0.25) is 9.79 Å². The van der Waals surface area contributed by atoms with Crippen LogP contribution in [0.4, 0.5) is 8.78 Å². The highest BCUT2D eigenvalue weighted by atomic mass is 127. The molecule has 0 spiro atoms. The molecule has 2 aromatic carbocycles. The zero-order chi connectivity index (χ0) is 22.8. The minimum atomic E-state index is -2.87. The lowest BCUT2D eigenvalue weighted by Gasteiger charge is -2.14. The summed E-state index contributed by atoms with van der Waals surface area (Å²) < 4.78 is 35.1. The van der Waals surface area contributed by atoms with Crippen molar-refractivity contribution in [2.75, 3.05) is 20.2 Å². The van der Waals surface area contributed by atoms with E-state index in [1.807, 2.05) is 24.3 Å². The number of ether oxygens (including phenoxy) is 2. The third kappa shape index (κ3) is 9.80. The smallest absolute Gasteiger partial charge is 0.387 e. The molecule has 3 N–H and O–H groups in total. The van der Waals surface area contributed by atoms with Gasteiger partial charge in [0.1, 0.15) is 11.5 Å². The topological polar surface area (TPSA) is 84.0 Å². The Hall–Kier alpha value is -2.63. The molecule has 0 atom stereocenters. The summed E-state index contributed by atoms with van der Waals surface area (Å²) in [6.45, 7) is -1.93. The van der Waals surface area contributed by atoms with Gasteiger partial charge in [0.05, 0.1) is 0 Å². The third-order valence-corrected chi connectivity index (χ3v) is 4.80. The second-order valence-corrected chi connectivity index (χ2v) is 7.36. The van der Waals surface area contributed by atoms with E-state index in [2.05, 4.69) is 25.7 Å². The number of guanidine groups is 1. The predicted molar refractivity (Wildman–Crippen MR) is 133 cm³/mol. The van der Waals surface area contributed by atoms with E-state index < -0.39 is 6.61 Å². The van der Waals surface area contributed by atoms with Crippen LogP contribution in [0.3, 0.4) is 0 Å². The summed E-state index contributed by atoms with van der Waals surface area (Å²) in [5.41, 5.74) is 1.70. The van der Waals surface area contributed by atoms with Crippen molar-refractivity contribution >= 4 is 35.8 Å². The molecule has 0 aliphatic heterocycles. The molecule has 10 heteroatoms. The molecule has 7 nitrogen and oxygen atoms in total. The number of nitrogens with zero attached hydrogens (tertiary/aromatic N) is 1. The van der Waals surface area contributed by atoms with Gasteiger partial charge in [-0.1, -0.05) is 30.3 Å². The van der Waals surface area contributed by atoms with Crippen molar-refractivity contribution in [3.8, 4) is 11.5 Å². The van der Waals surface area contributed by atoms with Crippen molar-refractivity contribution in [2.45, 2.75) is 38.5 Å². The molecule has 180 valence electrons. The summed E-state index contributed by atoms with van der Waals surface area (Å²) in [7, 11) is 1.64. The van der Waals surface area contributed by atoms with Crippen LogP contribution in [0.15, 0.2) is 53.5 Å². The first kappa shape index (κ1) is 26.6. The SMILES string of the molecule is CN=C(NCCc1ccc(OCC(=O)NC2CC2)cc1)NCc1ccccc1OC(F)F.I. The first-order chi connectivity index (χ1) is 15.5. The zero-order valence-electron chi connectivity index (χ0n) is 18.4. The molecular weight excluding hydrogens is 545 g/mol. The Morgan fingerprint density at radius 2 is 1.85 bits per heavy atom. The number of carbonyl (C=O) groups excluding carboxylic acids is 1. The van der Waals surface area contributed by atoms with E-state index in [-0.39, 0.29) is 42.2 Å². The fourth-order valence-electron chi connectivity index (χ4n) is 2.98. The van der Waals surface area contributed by atoms with Gasteiger partial charge in [0.2, 0.25) is 0 Å². The Kier molecular flexibility index (Phi) is 11.1. The molecule has 1 amide bonds. The number of carbonyl (C=O) groups is 1.